The molecule has 1 aromatic heterocycles. The molecule has 0 aliphatic carbocycles. The molecule has 0 N–H and O–H groups in total. The molecule has 4 rings (SSSR count). The molecule has 0 bridgehead atoms. The number of nitrogens with zero attached hydrogens (tertiary/aromatic N) is 3. The molecule has 2 aromatic carbocycles. The Morgan fingerprint density at radius 1 is 0.929 bits per heavy atom. The minimum atomic E-state index is -0.310. The summed E-state index contributed by atoms with van der Waals surface area (Å²) in [6.45, 7) is 0.156. The molecule has 0 saturated heterocycles. The minimum Gasteiger partial charge on any atom is -0.493 e. The quantitative estimate of drug-likeness (QED) is 0.608. The third kappa shape index (κ3) is 2.88. The second-order valence-corrected chi connectivity index (χ2v) is 6.11. The molecule has 0 unspecified atom stereocenters. The molecule has 0 spiro atoms. The number of carbonyl (C=O) groups is 2. The van der Waals surface area contributed by atoms with Crippen LogP contribution in [-0.4, -0.2) is 47.6 Å². The monoisotopic (exact) mass is 379 g/mol. The maximum Gasteiger partial charge on any atom is 0.261 e. The zero-order valence-electron chi connectivity index (χ0n) is 15.3. The number of benzene rings is 2. The summed E-state index contributed by atoms with van der Waals surface area (Å²) < 4.78 is 16.0. The van der Waals surface area contributed by atoms with Gasteiger partial charge >= 0.3 is 0 Å². The van der Waals surface area contributed by atoms with Crippen molar-refractivity contribution in [3.63, 3.8) is 0 Å². The highest BCUT2D eigenvalue weighted by atomic mass is 16.5. The van der Waals surface area contributed by atoms with Crippen molar-refractivity contribution in [3.8, 4) is 22.9 Å². The van der Waals surface area contributed by atoms with E-state index in [4.69, 9.17) is 14.0 Å². The fourth-order valence-electron chi connectivity index (χ4n) is 3.18. The van der Waals surface area contributed by atoms with Crippen molar-refractivity contribution in [1.82, 2.24) is 15.0 Å². The van der Waals surface area contributed by atoms with Gasteiger partial charge in [0.15, 0.2) is 11.5 Å². The number of imide groups is 1. The van der Waals surface area contributed by atoms with E-state index in [1.54, 1.807) is 49.6 Å². The fraction of sp³-hybridized carbons (Fsp3) is 0.200. The number of hydrogen-bond acceptors (Lipinski definition) is 7. The SMILES string of the molecule is COc1cccc(-c2noc(CCN3C(=O)c4ccccc4C3=O)n2)c1OC. The van der Waals surface area contributed by atoms with Crippen LogP contribution in [0.15, 0.2) is 47.0 Å². The Bertz CT molecular complexity index is 1020. The number of amides is 2. The number of hydrogen-bond donors (Lipinski definition) is 0. The Morgan fingerprint density at radius 3 is 2.25 bits per heavy atom. The largest absolute Gasteiger partial charge is 0.493 e. The third-order valence-electron chi connectivity index (χ3n) is 4.54. The predicted molar refractivity (Wildman–Crippen MR) is 98.4 cm³/mol. The van der Waals surface area contributed by atoms with Gasteiger partial charge in [0.2, 0.25) is 11.7 Å². The summed E-state index contributed by atoms with van der Waals surface area (Å²) in [5.74, 6) is 1.09. The van der Waals surface area contributed by atoms with Crippen LogP contribution in [0.4, 0.5) is 0 Å². The molecule has 8 nitrogen and oxygen atoms in total. The Labute approximate surface area is 160 Å². The highest BCUT2D eigenvalue weighted by molar-refractivity contribution is 6.21. The molecule has 0 fully saturated rings. The fourth-order valence-corrected chi connectivity index (χ4v) is 3.18. The smallest absolute Gasteiger partial charge is 0.261 e. The van der Waals surface area contributed by atoms with Crippen LogP contribution in [0.5, 0.6) is 11.5 Å². The molecule has 8 heteroatoms. The zero-order chi connectivity index (χ0) is 19.7. The molecule has 3 aromatic rings. The van der Waals surface area contributed by atoms with Crippen LogP contribution >= 0.6 is 0 Å². The lowest BCUT2D eigenvalue weighted by Gasteiger charge is -2.11. The lowest BCUT2D eigenvalue weighted by molar-refractivity contribution is 0.0653. The minimum absolute atomic E-state index is 0.156. The van der Waals surface area contributed by atoms with E-state index in [0.29, 0.717) is 39.9 Å². The number of para-hydroxylation sites is 1. The molecular formula is C20H17N3O5. The van der Waals surface area contributed by atoms with Crippen molar-refractivity contribution in [3.05, 3.63) is 59.5 Å². The summed E-state index contributed by atoms with van der Waals surface area (Å²) in [5.41, 5.74) is 1.46. The first-order valence-corrected chi connectivity index (χ1v) is 8.63. The second-order valence-electron chi connectivity index (χ2n) is 6.11. The number of carbonyl (C=O) groups excluding carboxylic acids is 2. The van der Waals surface area contributed by atoms with E-state index >= 15 is 0 Å². The maximum absolute atomic E-state index is 12.4. The van der Waals surface area contributed by atoms with E-state index in [0.717, 1.165) is 0 Å². The Hall–Kier alpha value is -3.68. The standard InChI is InChI=1S/C20H17N3O5/c1-26-15-9-5-8-14(17(15)27-2)18-21-16(28-22-18)10-11-23-19(24)12-6-3-4-7-13(12)20(23)25/h3-9H,10-11H2,1-2H3. The molecule has 142 valence electrons. The number of methoxy groups -OCH3 is 2. The summed E-state index contributed by atoms with van der Waals surface area (Å²) in [5, 5.41) is 3.98. The van der Waals surface area contributed by atoms with Crippen molar-refractivity contribution in [2.75, 3.05) is 20.8 Å². The van der Waals surface area contributed by atoms with Gasteiger partial charge in [-0.2, -0.15) is 4.98 Å². The van der Waals surface area contributed by atoms with E-state index in [1.807, 2.05) is 0 Å². The van der Waals surface area contributed by atoms with Gasteiger partial charge in [-0.25, -0.2) is 0 Å². The van der Waals surface area contributed by atoms with Crippen molar-refractivity contribution in [2.24, 2.45) is 0 Å². The Morgan fingerprint density at radius 2 is 1.61 bits per heavy atom. The van der Waals surface area contributed by atoms with Gasteiger partial charge in [0.25, 0.3) is 11.8 Å². The van der Waals surface area contributed by atoms with Gasteiger partial charge in [0.05, 0.1) is 30.9 Å². The van der Waals surface area contributed by atoms with Crippen molar-refractivity contribution in [2.45, 2.75) is 6.42 Å². The first-order valence-electron chi connectivity index (χ1n) is 8.63. The molecule has 1 aliphatic rings. The van der Waals surface area contributed by atoms with E-state index in [2.05, 4.69) is 10.1 Å². The predicted octanol–water partition coefficient (Wildman–Crippen LogP) is 2.59. The molecular weight excluding hydrogens is 362 g/mol. The topological polar surface area (TPSA) is 94.8 Å². The lowest BCUT2D eigenvalue weighted by Crippen LogP contribution is -2.31. The summed E-state index contributed by atoms with van der Waals surface area (Å²) in [6.07, 6.45) is 0.255. The highest BCUT2D eigenvalue weighted by Gasteiger charge is 2.35. The van der Waals surface area contributed by atoms with Crippen LogP contribution in [0.3, 0.4) is 0 Å². The first-order chi connectivity index (χ1) is 13.6. The van der Waals surface area contributed by atoms with Crippen LogP contribution in [0.2, 0.25) is 0 Å². The van der Waals surface area contributed by atoms with E-state index in [1.165, 1.54) is 12.0 Å². The normalized spacial score (nSPS) is 13.0. The van der Waals surface area contributed by atoms with Crippen molar-refractivity contribution < 1.29 is 23.6 Å². The summed E-state index contributed by atoms with van der Waals surface area (Å²) in [7, 11) is 3.08. The summed E-state index contributed by atoms with van der Waals surface area (Å²) in [6, 6.07) is 12.1. The molecule has 28 heavy (non-hydrogen) atoms. The average molecular weight is 379 g/mol. The number of rotatable bonds is 6. The van der Waals surface area contributed by atoms with Crippen molar-refractivity contribution in [1.29, 1.82) is 0 Å². The number of fused-ring (bicyclic) bond motifs is 1. The molecule has 0 atom stereocenters. The van der Waals surface area contributed by atoms with Gasteiger partial charge in [-0.05, 0) is 24.3 Å². The number of ether oxygens (including phenoxy) is 2. The zero-order valence-corrected chi connectivity index (χ0v) is 15.3. The Kier molecular flexibility index (Phi) is 4.52. The lowest BCUT2D eigenvalue weighted by atomic mass is 10.1. The second kappa shape index (κ2) is 7.15. The highest BCUT2D eigenvalue weighted by Crippen LogP contribution is 2.36. The van der Waals surface area contributed by atoms with Crippen LogP contribution < -0.4 is 9.47 Å². The average Bonchev–Trinajstić information content (AvgIpc) is 3.29. The van der Waals surface area contributed by atoms with E-state index in [-0.39, 0.29) is 24.8 Å². The third-order valence-corrected chi connectivity index (χ3v) is 4.54. The van der Waals surface area contributed by atoms with E-state index < -0.39 is 0 Å². The van der Waals surface area contributed by atoms with Crippen molar-refractivity contribution >= 4 is 11.8 Å². The molecule has 2 heterocycles. The van der Waals surface area contributed by atoms with Gasteiger partial charge in [0.1, 0.15) is 0 Å². The van der Waals surface area contributed by atoms with Gasteiger partial charge in [-0.3, -0.25) is 14.5 Å². The molecule has 1 aliphatic heterocycles. The summed E-state index contributed by atoms with van der Waals surface area (Å²) >= 11 is 0. The molecule has 0 saturated carbocycles. The van der Waals surface area contributed by atoms with Crippen LogP contribution in [0, 0.1) is 0 Å². The van der Waals surface area contributed by atoms with Gasteiger partial charge in [-0.15, -0.1) is 0 Å². The van der Waals surface area contributed by atoms with Gasteiger partial charge in [-0.1, -0.05) is 23.4 Å². The number of aromatic nitrogens is 2. The Balaban J connectivity index is 1.51. The van der Waals surface area contributed by atoms with Gasteiger partial charge < -0.3 is 14.0 Å². The van der Waals surface area contributed by atoms with Gasteiger partial charge in [0, 0.05) is 13.0 Å². The first kappa shape index (κ1) is 17.7. The maximum atomic E-state index is 12.4. The van der Waals surface area contributed by atoms with E-state index in [9.17, 15) is 9.59 Å². The molecule has 0 radical (unpaired) electrons. The van der Waals surface area contributed by atoms with Crippen LogP contribution in [-0.2, 0) is 6.42 Å². The summed E-state index contributed by atoms with van der Waals surface area (Å²) in [4.78, 5) is 30.4. The molecule has 2 amide bonds. The van der Waals surface area contributed by atoms with Crippen LogP contribution in [0.25, 0.3) is 11.4 Å². The van der Waals surface area contributed by atoms with Crippen LogP contribution in [0.1, 0.15) is 26.6 Å².